The molecule has 1 aromatic carbocycles. The molecule has 0 unspecified atom stereocenters. The highest BCUT2D eigenvalue weighted by atomic mass is 16.5. The second-order valence-corrected chi connectivity index (χ2v) is 4.84. The first-order chi connectivity index (χ1) is 11.3. The zero-order valence-electron chi connectivity index (χ0n) is 12.3. The van der Waals surface area contributed by atoms with Crippen LogP contribution in [0.1, 0.15) is 15.9 Å². The van der Waals surface area contributed by atoms with E-state index in [1.165, 1.54) is 0 Å². The molecule has 1 amide bonds. The maximum atomic E-state index is 12.0. The van der Waals surface area contributed by atoms with Gasteiger partial charge in [0.05, 0.1) is 0 Å². The summed E-state index contributed by atoms with van der Waals surface area (Å²) in [7, 11) is 0. The third-order valence-corrected chi connectivity index (χ3v) is 3.15. The Bertz CT molecular complexity index is 777. The number of carbonyl (C=O) groups excluding carboxylic acids is 1. The topological polar surface area (TPSA) is 64.1 Å². The molecule has 0 atom stereocenters. The van der Waals surface area contributed by atoms with E-state index in [2.05, 4.69) is 15.3 Å². The van der Waals surface area contributed by atoms with Crippen molar-refractivity contribution in [3.05, 3.63) is 84.3 Å². The SMILES string of the molecule is O=C(NCc1cccc(Oc2ccccn2)c1)c1ccncc1. The van der Waals surface area contributed by atoms with Gasteiger partial charge in [-0.2, -0.15) is 0 Å². The fraction of sp³-hybridized carbons (Fsp3) is 0.0556. The fourth-order valence-corrected chi connectivity index (χ4v) is 2.03. The lowest BCUT2D eigenvalue weighted by molar-refractivity contribution is 0.0950. The number of nitrogens with one attached hydrogen (secondary N) is 1. The predicted octanol–water partition coefficient (Wildman–Crippen LogP) is 3.20. The minimum atomic E-state index is -0.136. The van der Waals surface area contributed by atoms with Crippen LogP contribution in [0.15, 0.2) is 73.2 Å². The highest BCUT2D eigenvalue weighted by molar-refractivity contribution is 5.93. The molecule has 0 aliphatic rings. The number of hydrogen-bond acceptors (Lipinski definition) is 4. The van der Waals surface area contributed by atoms with Gasteiger partial charge >= 0.3 is 0 Å². The summed E-state index contributed by atoms with van der Waals surface area (Å²) in [6, 6.07) is 16.4. The Balaban J connectivity index is 1.63. The second kappa shape index (κ2) is 7.17. The maximum Gasteiger partial charge on any atom is 0.251 e. The van der Waals surface area contributed by atoms with Crippen molar-refractivity contribution in [3.63, 3.8) is 0 Å². The average Bonchev–Trinajstić information content (AvgIpc) is 2.62. The van der Waals surface area contributed by atoms with Gasteiger partial charge in [-0.1, -0.05) is 18.2 Å². The van der Waals surface area contributed by atoms with Gasteiger partial charge in [-0.05, 0) is 35.9 Å². The van der Waals surface area contributed by atoms with Crippen molar-refractivity contribution in [3.8, 4) is 11.6 Å². The molecule has 0 saturated heterocycles. The van der Waals surface area contributed by atoms with Gasteiger partial charge in [0, 0.05) is 36.8 Å². The van der Waals surface area contributed by atoms with E-state index in [-0.39, 0.29) is 5.91 Å². The molecule has 2 aromatic heterocycles. The molecule has 0 aliphatic heterocycles. The molecule has 114 valence electrons. The normalized spacial score (nSPS) is 10.1. The van der Waals surface area contributed by atoms with E-state index in [0.717, 1.165) is 5.56 Å². The Morgan fingerprint density at radius 2 is 1.87 bits per heavy atom. The second-order valence-electron chi connectivity index (χ2n) is 4.84. The van der Waals surface area contributed by atoms with E-state index < -0.39 is 0 Å². The molecule has 0 saturated carbocycles. The van der Waals surface area contributed by atoms with Crippen molar-refractivity contribution < 1.29 is 9.53 Å². The van der Waals surface area contributed by atoms with Gasteiger partial charge < -0.3 is 10.1 Å². The highest BCUT2D eigenvalue weighted by Crippen LogP contribution is 2.19. The number of pyridine rings is 2. The lowest BCUT2D eigenvalue weighted by atomic mass is 10.2. The van der Waals surface area contributed by atoms with E-state index in [1.807, 2.05) is 36.4 Å². The van der Waals surface area contributed by atoms with Crippen molar-refractivity contribution in [2.45, 2.75) is 6.54 Å². The summed E-state index contributed by atoms with van der Waals surface area (Å²) in [5, 5.41) is 2.87. The molecule has 2 heterocycles. The summed E-state index contributed by atoms with van der Waals surface area (Å²) in [5.74, 6) is 1.08. The molecule has 1 N–H and O–H groups in total. The van der Waals surface area contributed by atoms with Gasteiger partial charge in [-0.3, -0.25) is 9.78 Å². The number of rotatable bonds is 5. The minimum Gasteiger partial charge on any atom is -0.439 e. The van der Waals surface area contributed by atoms with E-state index in [0.29, 0.717) is 23.7 Å². The van der Waals surface area contributed by atoms with E-state index in [1.54, 1.807) is 36.8 Å². The summed E-state index contributed by atoms with van der Waals surface area (Å²) >= 11 is 0. The van der Waals surface area contributed by atoms with Crippen LogP contribution in [0.5, 0.6) is 11.6 Å². The monoisotopic (exact) mass is 305 g/mol. The maximum absolute atomic E-state index is 12.0. The molecule has 3 aromatic rings. The first-order valence-electron chi connectivity index (χ1n) is 7.17. The molecule has 0 fully saturated rings. The molecule has 5 heteroatoms. The van der Waals surface area contributed by atoms with Gasteiger partial charge in [-0.15, -0.1) is 0 Å². The molecule has 0 spiro atoms. The van der Waals surface area contributed by atoms with Crippen LogP contribution in [-0.2, 0) is 6.54 Å². The number of ether oxygens (including phenoxy) is 1. The zero-order valence-corrected chi connectivity index (χ0v) is 12.3. The number of amides is 1. The van der Waals surface area contributed by atoms with Crippen LogP contribution in [0.2, 0.25) is 0 Å². The molecule has 3 rings (SSSR count). The third-order valence-electron chi connectivity index (χ3n) is 3.15. The molecule has 0 radical (unpaired) electrons. The predicted molar refractivity (Wildman–Crippen MR) is 86.2 cm³/mol. The molecule has 23 heavy (non-hydrogen) atoms. The van der Waals surface area contributed by atoms with E-state index in [4.69, 9.17) is 4.74 Å². The molecule has 0 bridgehead atoms. The van der Waals surface area contributed by atoms with Crippen molar-refractivity contribution in [2.24, 2.45) is 0 Å². The standard InChI is InChI=1S/C18H15N3O2/c22-18(15-7-10-19-11-8-15)21-13-14-4-3-5-16(12-14)23-17-6-1-2-9-20-17/h1-12H,13H2,(H,21,22). The van der Waals surface area contributed by atoms with Crippen LogP contribution in [0.3, 0.4) is 0 Å². The Hall–Kier alpha value is -3.21. The lowest BCUT2D eigenvalue weighted by Crippen LogP contribution is -2.22. The summed E-state index contributed by atoms with van der Waals surface area (Å²) in [5.41, 5.74) is 1.53. The number of hydrogen-bond donors (Lipinski definition) is 1. The lowest BCUT2D eigenvalue weighted by Gasteiger charge is -2.08. The van der Waals surface area contributed by atoms with E-state index in [9.17, 15) is 4.79 Å². The van der Waals surface area contributed by atoms with Crippen molar-refractivity contribution in [1.29, 1.82) is 0 Å². The van der Waals surface area contributed by atoms with Crippen LogP contribution in [0.4, 0.5) is 0 Å². The first kappa shape index (κ1) is 14.7. The highest BCUT2D eigenvalue weighted by Gasteiger charge is 2.05. The summed E-state index contributed by atoms with van der Waals surface area (Å²) in [6.07, 6.45) is 4.86. The van der Waals surface area contributed by atoms with Crippen LogP contribution in [0, 0.1) is 0 Å². The molecular weight excluding hydrogens is 290 g/mol. The Morgan fingerprint density at radius 1 is 1.00 bits per heavy atom. The van der Waals surface area contributed by atoms with Gasteiger partial charge in [0.2, 0.25) is 5.88 Å². The van der Waals surface area contributed by atoms with Gasteiger partial charge in [0.1, 0.15) is 5.75 Å². The Labute approximate surface area is 134 Å². The Kier molecular flexibility index (Phi) is 4.59. The largest absolute Gasteiger partial charge is 0.439 e. The van der Waals surface area contributed by atoms with Gasteiger partial charge in [-0.25, -0.2) is 4.98 Å². The third kappa shape index (κ3) is 4.14. The first-order valence-corrected chi connectivity index (χ1v) is 7.17. The summed E-state index contributed by atoms with van der Waals surface area (Å²) < 4.78 is 5.68. The fourth-order valence-electron chi connectivity index (χ4n) is 2.03. The molecule has 5 nitrogen and oxygen atoms in total. The van der Waals surface area contributed by atoms with E-state index >= 15 is 0 Å². The smallest absolute Gasteiger partial charge is 0.251 e. The van der Waals surface area contributed by atoms with Crippen LogP contribution in [-0.4, -0.2) is 15.9 Å². The molecular formula is C18H15N3O2. The van der Waals surface area contributed by atoms with Crippen LogP contribution in [0.25, 0.3) is 0 Å². The summed E-state index contributed by atoms with van der Waals surface area (Å²) in [4.78, 5) is 20.0. The molecule has 0 aliphatic carbocycles. The quantitative estimate of drug-likeness (QED) is 0.786. The average molecular weight is 305 g/mol. The van der Waals surface area contributed by atoms with Gasteiger partial charge in [0.25, 0.3) is 5.91 Å². The summed E-state index contributed by atoms with van der Waals surface area (Å²) in [6.45, 7) is 0.417. The van der Waals surface area contributed by atoms with Crippen molar-refractivity contribution >= 4 is 5.91 Å². The van der Waals surface area contributed by atoms with Gasteiger partial charge in [0.15, 0.2) is 0 Å². The zero-order chi connectivity index (χ0) is 15.9. The Morgan fingerprint density at radius 3 is 2.65 bits per heavy atom. The van der Waals surface area contributed by atoms with Crippen molar-refractivity contribution in [1.82, 2.24) is 15.3 Å². The number of benzene rings is 1. The minimum absolute atomic E-state index is 0.136. The van der Waals surface area contributed by atoms with Crippen LogP contribution < -0.4 is 10.1 Å². The number of nitrogens with zero attached hydrogens (tertiary/aromatic N) is 2. The number of carbonyl (C=O) groups is 1. The number of aromatic nitrogens is 2. The van der Waals surface area contributed by atoms with Crippen molar-refractivity contribution in [2.75, 3.05) is 0 Å². The van der Waals surface area contributed by atoms with Crippen LogP contribution >= 0.6 is 0 Å².